The molecule has 1 aliphatic rings. The number of sulfonamides is 1. The predicted molar refractivity (Wildman–Crippen MR) is 128 cm³/mol. The van der Waals surface area contributed by atoms with Crippen molar-refractivity contribution in [2.45, 2.75) is 76.5 Å². The molecule has 1 aliphatic heterocycles. The molecular weight excluding hydrogens is 424 g/mol. The highest BCUT2D eigenvalue weighted by molar-refractivity contribution is 7.89. The average molecular weight is 463 g/mol. The van der Waals surface area contributed by atoms with Crippen molar-refractivity contribution in [3.05, 3.63) is 24.0 Å². The van der Waals surface area contributed by atoms with Crippen LogP contribution >= 0.6 is 0 Å². The van der Waals surface area contributed by atoms with E-state index in [0.717, 1.165) is 69.4 Å². The summed E-state index contributed by atoms with van der Waals surface area (Å²) in [6.45, 7) is 7.08. The number of rotatable bonds is 11. The van der Waals surface area contributed by atoms with Crippen molar-refractivity contribution < 1.29 is 13.2 Å². The van der Waals surface area contributed by atoms with Crippen LogP contribution in [0, 0.1) is 0 Å². The Bertz CT molecular complexity index is 1000. The molecular formula is C24H38N4O3S. The van der Waals surface area contributed by atoms with E-state index in [1.165, 1.54) is 0 Å². The molecule has 0 atom stereocenters. The van der Waals surface area contributed by atoms with Crippen LogP contribution in [0.5, 0.6) is 0 Å². The Morgan fingerprint density at radius 3 is 2.34 bits per heavy atom. The third-order valence-corrected chi connectivity index (χ3v) is 8.27. The number of hydrogen-bond acceptors (Lipinski definition) is 4. The summed E-state index contributed by atoms with van der Waals surface area (Å²) in [7, 11) is -1.56. The third-order valence-electron chi connectivity index (χ3n) is 6.38. The predicted octanol–water partition coefficient (Wildman–Crippen LogP) is 4.11. The fourth-order valence-electron chi connectivity index (χ4n) is 4.30. The molecule has 8 heteroatoms. The van der Waals surface area contributed by atoms with E-state index in [0.29, 0.717) is 36.3 Å². The molecule has 0 bridgehead atoms. The van der Waals surface area contributed by atoms with E-state index in [4.69, 9.17) is 4.98 Å². The summed E-state index contributed by atoms with van der Waals surface area (Å²) < 4.78 is 29.6. The minimum Gasteiger partial charge on any atom is -0.343 e. The Labute approximate surface area is 192 Å². The molecule has 178 valence electrons. The van der Waals surface area contributed by atoms with Crippen molar-refractivity contribution in [2.24, 2.45) is 7.05 Å². The number of fused-ring (bicyclic) bond motifs is 1. The zero-order valence-electron chi connectivity index (χ0n) is 19.8. The van der Waals surface area contributed by atoms with Crippen LogP contribution in [-0.4, -0.2) is 59.3 Å². The van der Waals surface area contributed by atoms with E-state index in [-0.39, 0.29) is 5.91 Å². The largest absolute Gasteiger partial charge is 0.343 e. The molecule has 1 aromatic carbocycles. The summed E-state index contributed by atoms with van der Waals surface area (Å²) in [5, 5.41) is 0. The standard InChI is InChI=1S/C24H38N4O3S/c1-4-6-15-27(16-7-5-2)24(29)14-13-23-25-21-19-20(11-12-22(21)26(23)3)32(30,31)28-17-9-8-10-18-28/h11-12,19H,4-10,13-18H2,1-3H3. The zero-order valence-corrected chi connectivity index (χ0v) is 20.7. The number of amides is 1. The lowest BCUT2D eigenvalue weighted by Gasteiger charge is -2.25. The van der Waals surface area contributed by atoms with Gasteiger partial charge in [0.15, 0.2) is 0 Å². The Morgan fingerprint density at radius 2 is 1.72 bits per heavy atom. The number of aryl methyl sites for hydroxylation is 2. The number of unbranched alkanes of at least 4 members (excludes halogenated alkanes) is 2. The van der Waals surface area contributed by atoms with Crippen molar-refractivity contribution in [3.8, 4) is 0 Å². The smallest absolute Gasteiger partial charge is 0.243 e. The van der Waals surface area contributed by atoms with E-state index in [1.54, 1.807) is 16.4 Å². The molecule has 0 spiro atoms. The molecule has 1 amide bonds. The molecule has 0 unspecified atom stereocenters. The number of carbonyl (C=O) groups excluding carboxylic acids is 1. The van der Waals surface area contributed by atoms with Gasteiger partial charge in [-0.2, -0.15) is 4.31 Å². The monoisotopic (exact) mass is 462 g/mol. The maximum Gasteiger partial charge on any atom is 0.243 e. The van der Waals surface area contributed by atoms with Gasteiger partial charge in [0.05, 0.1) is 15.9 Å². The van der Waals surface area contributed by atoms with Gasteiger partial charge in [-0.3, -0.25) is 4.79 Å². The highest BCUT2D eigenvalue weighted by atomic mass is 32.2. The summed E-state index contributed by atoms with van der Waals surface area (Å²) in [5.41, 5.74) is 1.56. The number of imidazole rings is 1. The minimum atomic E-state index is -3.49. The number of nitrogens with zero attached hydrogens (tertiary/aromatic N) is 4. The van der Waals surface area contributed by atoms with Crippen molar-refractivity contribution >= 4 is 27.0 Å². The maximum atomic E-state index is 13.0. The van der Waals surface area contributed by atoms with Crippen LogP contribution in [-0.2, 0) is 28.3 Å². The number of carbonyl (C=O) groups is 1. The minimum absolute atomic E-state index is 0.173. The fourth-order valence-corrected chi connectivity index (χ4v) is 5.84. The van der Waals surface area contributed by atoms with Gasteiger partial charge < -0.3 is 9.47 Å². The van der Waals surface area contributed by atoms with Gasteiger partial charge in [-0.05, 0) is 43.9 Å². The lowest BCUT2D eigenvalue weighted by molar-refractivity contribution is -0.131. The van der Waals surface area contributed by atoms with Crippen molar-refractivity contribution in [1.29, 1.82) is 0 Å². The molecule has 1 saturated heterocycles. The van der Waals surface area contributed by atoms with Crippen molar-refractivity contribution in [3.63, 3.8) is 0 Å². The molecule has 7 nitrogen and oxygen atoms in total. The van der Waals surface area contributed by atoms with Crippen LogP contribution in [0.25, 0.3) is 11.0 Å². The average Bonchev–Trinajstić information content (AvgIpc) is 3.13. The van der Waals surface area contributed by atoms with E-state index >= 15 is 0 Å². The van der Waals surface area contributed by atoms with Gasteiger partial charge in [0.2, 0.25) is 15.9 Å². The first-order valence-electron chi connectivity index (χ1n) is 12.1. The molecule has 2 heterocycles. The summed E-state index contributed by atoms with van der Waals surface area (Å²) >= 11 is 0. The highest BCUT2D eigenvalue weighted by Crippen LogP contribution is 2.25. The van der Waals surface area contributed by atoms with Crippen molar-refractivity contribution in [2.75, 3.05) is 26.2 Å². The molecule has 0 aliphatic carbocycles. The first-order valence-corrected chi connectivity index (χ1v) is 13.6. The van der Waals surface area contributed by atoms with Crippen molar-refractivity contribution in [1.82, 2.24) is 18.8 Å². The summed E-state index contributed by atoms with van der Waals surface area (Å²) in [6.07, 6.45) is 8.07. The van der Waals surface area contributed by atoms with E-state index in [1.807, 2.05) is 22.6 Å². The summed E-state index contributed by atoms with van der Waals surface area (Å²) in [5.74, 6) is 0.985. The number of benzene rings is 1. The highest BCUT2D eigenvalue weighted by Gasteiger charge is 2.26. The first-order chi connectivity index (χ1) is 15.4. The molecule has 32 heavy (non-hydrogen) atoms. The van der Waals surface area contributed by atoms with E-state index < -0.39 is 10.0 Å². The van der Waals surface area contributed by atoms with Gasteiger partial charge in [-0.15, -0.1) is 0 Å². The molecule has 3 rings (SSSR count). The molecule has 0 N–H and O–H groups in total. The van der Waals surface area contributed by atoms with Gasteiger partial charge in [0, 0.05) is 46.1 Å². The second-order valence-corrected chi connectivity index (χ2v) is 10.7. The fraction of sp³-hybridized carbons (Fsp3) is 0.667. The van der Waals surface area contributed by atoms with Crippen LogP contribution in [0.2, 0.25) is 0 Å². The normalized spacial score (nSPS) is 15.3. The zero-order chi connectivity index (χ0) is 23.1. The lowest BCUT2D eigenvalue weighted by Crippen LogP contribution is -2.35. The van der Waals surface area contributed by atoms with Crippen LogP contribution in [0.15, 0.2) is 23.1 Å². The second kappa shape index (κ2) is 11.3. The quantitative estimate of drug-likeness (QED) is 0.504. The van der Waals surface area contributed by atoms with Gasteiger partial charge in [0.25, 0.3) is 0 Å². The molecule has 2 aromatic rings. The number of piperidine rings is 1. The third kappa shape index (κ3) is 5.70. The Kier molecular flexibility index (Phi) is 8.71. The topological polar surface area (TPSA) is 75.5 Å². The van der Waals surface area contributed by atoms with E-state index in [2.05, 4.69) is 13.8 Å². The van der Waals surface area contributed by atoms with Gasteiger partial charge in [0.1, 0.15) is 5.82 Å². The summed E-state index contributed by atoms with van der Waals surface area (Å²) in [6, 6.07) is 5.19. The van der Waals surface area contributed by atoms with Crippen LogP contribution in [0.4, 0.5) is 0 Å². The number of aromatic nitrogens is 2. The SMILES string of the molecule is CCCCN(CCCC)C(=O)CCc1nc2cc(S(=O)(=O)N3CCCCC3)ccc2n1C. The van der Waals surface area contributed by atoms with Crippen LogP contribution in [0.3, 0.4) is 0 Å². The molecule has 1 fully saturated rings. The van der Waals surface area contributed by atoms with Crippen LogP contribution in [0.1, 0.15) is 71.0 Å². The molecule has 1 aromatic heterocycles. The Hall–Kier alpha value is -1.93. The second-order valence-electron chi connectivity index (χ2n) is 8.79. The molecule has 0 saturated carbocycles. The Balaban J connectivity index is 1.74. The van der Waals surface area contributed by atoms with Crippen LogP contribution < -0.4 is 0 Å². The number of hydrogen-bond donors (Lipinski definition) is 0. The van der Waals surface area contributed by atoms with Gasteiger partial charge >= 0.3 is 0 Å². The molecule has 0 radical (unpaired) electrons. The lowest BCUT2D eigenvalue weighted by atomic mass is 10.2. The maximum absolute atomic E-state index is 13.0. The Morgan fingerprint density at radius 1 is 1.06 bits per heavy atom. The first kappa shape index (κ1) is 24.7. The van der Waals surface area contributed by atoms with Gasteiger partial charge in [-0.25, -0.2) is 13.4 Å². The van der Waals surface area contributed by atoms with Gasteiger partial charge in [-0.1, -0.05) is 33.1 Å². The summed E-state index contributed by atoms with van der Waals surface area (Å²) in [4.78, 5) is 19.8. The van der Waals surface area contributed by atoms with E-state index in [9.17, 15) is 13.2 Å².